The van der Waals surface area contributed by atoms with E-state index in [-0.39, 0.29) is 48.7 Å². The average Bonchev–Trinajstić information content (AvgIpc) is 1.55. The molecule has 19 rings (SSSR count). The van der Waals surface area contributed by atoms with E-state index in [0.29, 0.717) is 17.2 Å². The third-order valence-corrected chi connectivity index (χ3v) is 27.6. The van der Waals surface area contributed by atoms with Crippen LogP contribution in [0, 0.1) is 53.3 Å². The fourth-order valence-corrected chi connectivity index (χ4v) is 25.5. The first-order valence-electron chi connectivity index (χ1n) is 42.1. The van der Waals surface area contributed by atoms with Crippen LogP contribution >= 0.6 is 0 Å². The lowest BCUT2D eigenvalue weighted by molar-refractivity contribution is 0.0641. The lowest BCUT2D eigenvalue weighted by Gasteiger charge is -2.51. The van der Waals surface area contributed by atoms with Gasteiger partial charge in [-0.1, -0.05) is 198 Å². The molecule has 0 amide bonds. The Bertz CT molecular complexity index is 5850. The maximum Gasteiger partial charge on any atom is 0.130 e. The molecule has 0 unspecified atom stereocenters. The summed E-state index contributed by atoms with van der Waals surface area (Å²) in [4.78, 5) is 4.50. The highest BCUT2D eigenvalue weighted by atomic mass is 16.5. The molecule has 6 aliphatic carbocycles. The molecule has 115 heavy (non-hydrogen) atoms. The molecule has 592 valence electrons. The van der Waals surface area contributed by atoms with Gasteiger partial charge >= 0.3 is 0 Å². The van der Waals surface area contributed by atoms with Crippen LogP contribution in [0.4, 0.5) is 11.4 Å². The van der Waals surface area contributed by atoms with Crippen LogP contribution in [-0.2, 0) is 21.0 Å². The van der Waals surface area contributed by atoms with Gasteiger partial charge in [-0.3, -0.25) is 0 Å². The molecule has 1 saturated heterocycles. The van der Waals surface area contributed by atoms with Crippen molar-refractivity contribution in [2.24, 2.45) is 32.5 Å². The number of nitrogens with zero attached hydrogens (tertiary/aromatic N) is 2. The van der Waals surface area contributed by atoms with Gasteiger partial charge in [0.2, 0.25) is 0 Å². The van der Waals surface area contributed by atoms with Crippen LogP contribution in [0.2, 0.25) is 0 Å². The van der Waals surface area contributed by atoms with Gasteiger partial charge in [0.1, 0.15) is 28.7 Å². The van der Waals surface area contributed by atoms with Gasteiger partial charge in [-0.15, -0.1) is 0 Å². The van der Waals surface area contributed by atoms with Gasteiger partial charge in [0.05, 0.1) is 27.4 Å². The Hall–Kier alpha value is -10.0. The van der Waals surface area contributed by atoms with Crippen LogP contribution in [0.25, 0.3) is 99.1 Å². The number of rotatable bonds is 7. The van der Waals surface area contributed by atoms with Crippen molar-refractivity contribution in [2.45, 2.75) is 178 Å². The molecule has 12 aromatic rings. The smallest absolute Gasteiger partial charge is 0.130 e. The summed E-state index contributed by atoms with van der Waals surface area (Å²) in [6.07, 6.45) is 10.2. The van der Waals surface area contributed by atoms with E-state index in [1.807, 2.05) is 18.2 Å². The molecule has 7 aliphatic rings. The third kappa shape index (κ3) is 13.2. The summed E-state index contributed by atoms with van der Waals surface area (Å²) in [5.41, 5.74) is 30.0. The number of aromatic hydroxyl groups is 3. The highest BCUT2D eigenvalue weighted by Gasteiger charge is 2.57. The second-order valence-corrected chi connectivity index (χ2v) is 40.7. The number of hydrogen-bond acceptors (Lipinski definition) is 8. The lowest BCUT2D eigenvalue weighted by atomic mass is 9.52. The van der Waals surface area contributed by atoms with E-state index < -0.39 is 0 Å². The van der Waals surface area contributed by atoms with Crippen molar-refractivity contribution in [3.05, 3.63) is 244 Å². The lowest BCUT2D eigenvalue weighted by Crippen LogP contribution is -2.43. The van der Waals surface area contributed by atoms with E-state index in [1.165, 1.54) is 142 Å². The zero-order chi connectivity index (χ0) is 81.2. The van der Waals surface area contributed by atoms with Crippen molar-refractivity contribution in [3.8, 4) is 95.5 Å². The average molecular weight is 1530 g/mol. The van der Waals surface area contributed by atoms with Crippen LogP contribution in [-0.4, -0.2) is 69.9 Å². The minimum absolute atomic E-state index is 0.0720. The fourth-order valence-electron chi connectivity index (χ4n) is 25.5. The Labute approximate surface area is 683 Å². The molecule has 8 heteroatoms. The first-order chi connectivity index (χ1) is 54.5. The van der Waals surface area contributed by atoms with Crippen LogP contribution < -0.4 is 19.3 Å². The summed E-state index contributed by atoms with van der Waals surface area (Å²) in [6, 6.07) is 70.3. The van der Waals surface area contributed by atoms with Gasteiger partial charge in [-0.25, -0.2) is 0 Å². The molecule has 0 bridgehead atoms. The van der Waals surface area contributed by atoms with Crippen LogP contribution in [0.1, 0.15) is 191 Å². The normalized spacial score (nSPS) is 19.1. The summed E-state index contributed by atoms with van der Waals surface area (Å²) in [5, 5.41) is 41.0. The topological polar surface area (TPSA) is 94.9 Å². The number of hydrogen-bond donors (Lipinski definition) is 3. The van der Waals surface area contributed by atoms with Gasteiger partial charge < -0.3 is 39.3 Å². The highest BCUT2D eigenvalue weighted by molar-refractivity contribution is 6.10. The summed E-state index contributed by atoms with van der Waals surface area (Å²) < 4.78 is 16.7. The van der Waals surface area contributed by atoms with Gasteiger partial charge in [0.15, 0.2) is 0 Å². The third-order valence-electron chi connectivity index (χ3n) is 27.6. The first kappa shape index (κ1) is 77.5. The minimum Gasteiger partial charge on any atom is -0.507 e. The number of phenolic OH excluding ortho intramolecular Hbond substituents is 3. The Kier molecular flexibility index (Phi) is 18.6. The highest BCUT2D eigenvalue weighted by Crippen LogP contribution is 2.69. The molecule has 1 heterocycles. The number of fused-ring (bicyclic) bond motifs is 21. The number of benzene rings is 12. The molecule has 12 aromatic carbocycles. The van der Waals surface area contributed by atoms with Crippen molar-refractivity contribution in [3.63, 3.8) is 0 Å². The van der Waals surface area contributed by atoms with E-state index in [4.69, 9.17) is 14.2 Å². The monoisotopic (exact) mass is 1530 g/mol. The predicted molar refractivity (Wildman–Crippen MR) is 481 cm³/mol. The maximum atomic E-state index is 11.6. The van der Waals surface area contributed by atoms with Crippen LogP contribution in [0.3, 0.4) is 0 Å². The Morgan fingerprint density at radius 1 is 0.330 bits per heavy atom. The van der Waals surface area contributed by atoms with E-state index in [2.05, 4.69) is 304 Å². The summed E-state index contributed by atoms with van der Waals surface area (Å²) >= 11 is 0. The fraction of sp³-hybridized carbons (Fsp3) is 0.383. The molecule has 8 nitrogen and oxygen atoms in total. The van der Waals surface area contributed by atoms with E-state index in [1.54, 1.807) is 14.2 Å². The Morgan fingerprint density at radius 2 is 0.670 bits per heavy atom. The maximum absolute atomic E-state index is 11.6. The van der Waals surface area contributed by atoms with Crippen molar-refractivity contribution < 1.29 is 29.5 Å². The molecule has 3 N–H and O–H groups in total. The zero-order valence-corrected chi connectivity index (χ0v) is 71.6. The number of ether oxygens (including phenoxy) is 3. The molecule has 1 aliphatic heterocycles. The summed E-state index contributed by atoms with van der Waals surface area (Å²) in [5.74, 6) is 2.65. The second-order valence-electron chi connectivity index (χ2n) is 40.7. The molecule has 3 spiro atoms. The van der Waals surface area contributed by atoms with Gasteiger partial charge in [-0.05, 0) is 311 Å². The summed E-state index contributed by atoms with van der Waals surface area (Å²) in [7, 11) is 7.47. The van der Waals surface area contributed by atoms with Gasteiger partial charge in [0.25, 0.3) is 0 Å². The largest absolute Gasteiger partial charge is 0.507 e. The zero-order valence-electron chi connectivity index (χ0n) is 71.6. The van der Waals surface area contributed by atoms with Crippen molar-refractivity contribution >= 4 is 43.7 Å². The van der Waals surface area contributed by atoms with Crippen LogP contribution in [0.5, 0.6) is 28.7 Å². The quantitative estimate of drug-likeness (QED) is 0.145. The number of anilines is 2. The number of phenols is 3. The molecule has 3 saturated carbocycles. The molecule has 4 fully saturated rings. The Morgan fingerprint density at radius 3 is 1.02 bits per heavy atom. The molecular formula is C107H118N2O6. The second kappa shape index (κ2) is 27.6. The minimum atomic E-state index is -0.103. The standard InChI is InChI=1S/C37H41NO2.C35H39NO.C35H38O3/c1-24-18-30-29(19-28(24)25-10-12-26(13-11-25)38-14-16-40-17-15-38)33(39)20-32-34(30)27-8-6-7-9-31(27)37(32)22-35(2,3)21-36(4,5)23-37;1-22-16-28-27(17-26(22)23-12-14-24(15-13-23)36(6)7)31(37)18-30-32(28)25-10-8-9-11-29(25)35(30)20-33(2,3)19-34(4,5)21-35;1-21-14-27-26(16-25(21)23-13-12-22(37-6)15-31(23)38-7)30(36)17-29-32(27)24-10-8-9-11-28(24)35(29)19-33(2,3)18-34(4,5)20-35/h6-13,18-20,39H,14-17,21-23H2,1-5H3;8-18,37H,19-21H2,1-7H3;8-17,36H,18-20H2,1-7H3. The number of methoxy groups -OCH3 is 2. The predicted octanol–water partition coefficient (Wildman–Crippen LogP) is 27.0. The SMILES string of the molecule is COc1ccc(-c2cc3c(O)cc4c(c3cc2C)-c2ccccc2C42CC(C)(C)CC(C)(C)C2)c(OC)c1.Cc1cc2c3c(cc(O)c2cc1-c1ccc(N(C)C)cc1)C1(CC(C)(C)CC(C)(C)C1)c1ccccc1-3.Cc1cc2c3c(cc(O)c2cc1-c1ccc(N2CCOCC2)cc1)C1(CC(C)(C)CC(C)(C)C1)c1ccccc1-3. The number of aryl methyl sites for hydroxylation is 3. The molecule has 0 radical (unpaired) electrons. The van der Waals surface area contributed by atoms with E-state index in [9.17, 15) is 15.3 Å². The van der Waals surface area contributed by atoms with Crippen molar-refractivity contribution in [1.82, 2.24) is 0 Å². The van der Waals surface area contributed by atoms with Crippen molar-refractivity contribution in [2.75, 3.05) is 64.4 Å². The Balaban J connectivity index is 0.000000124. The van der Waals surface area contributed by atoms with Crippen LogP contribution in [0.15, 0.2) is 194 Å². The molecule has 0 atom stereocenters. The van der Waals surface area contributed by atoms with Crippen molar-refractivity contribution in [1.29, 1.82) is 0 Å². The first-order valence-corrected chi connectivity index (χ1v) is 42.1. The molecular weight excluding hydrogens is 1410 g/mol. The van der Waals surface area contributed by atoms with E-state index >= 15 is 0 Å². The summed E-state index contributed by atoms with van der Waals surface area (Å²) in [6.45, 7) is 39.1. The van der Waals surface area contributed by atoms with Gasteiger partial charge in [-0.2, -0.15) is 0 Å². The number of morpholine rings is 1. The molecule has 0 aromatic heterocycles. The van der Waals surface area contributed by atoms with E-state index in [0.717, 1.165) is 115 Å². The van der Waals surface area contributed by atoms with Gasteiger partial charge in [0, 0.05) is 82.6 Å².